The van der Waals surface area contributed by atoms with Crippen LogP contribution in [-0.2, 0) is 34.0 Å². The highest BCUT2D eigenvalue weighted by Crippen LogP contribution is 2.24. The fraction of sp³-hybridized carbons (Fsp3) is 0.840. The molecule has 3 amide bonds. The number of hydrogen-bond donors (Lipinski definition) is 2. The molecule has 13 heteroatoms. The number of likely N-dealkylation sites (tertiary alicyclic amines) is 1. The van der Waals surface area contributed by atoms with Gasteiger partial charge < -0.3 is 20.2 Å². The normalized spacial score (nSPS) is 15.6. The Kier molecular flexibility index (Phi) is 14.2. The molecule has 1 atom stereocenters. The molecule has 0 spiro atoms. The van der Waals surface area contributed by atoms with Crippen molar-refractivity contribution in [3.8, 4) is 0 Å². The van der Waals surface area contributed by atoms with Crippen molar-refractivity contribution in [2.45, 2.75) is 103 Å². The second-order valence-electron chi connectivity index (χ2n) is 10.7. The monoisotopic (exact) mass is 562 g/mol. The van der Waals surface area contributed by atoms with Gasteiger partial charge in [0.25, 0.3) is 0 Å². The molecule has 1 aliphatic heterocycles. The van der Waals surface area contributed by atoms with E-state index in [1.807, 2.05) is 20.8 Å². The van der Waals surface area contributed by atoms with Crippen molar-refractivity contribution in [3.63, 3.8) is 0 Å². The summed E-state index contributed by atoms with van der Waals surface area (Å²) < 4.78 is 29.2. The molecule has 0 aromatic rings. The minimum atomic E-state index is -3.80. The Morgan fingerprint density at radius 3 is 2.24 bits per heavy atom. The topological polar surface area (TPSA) is 165 Å². The number of unbranched alkanes of at least 4 members (excludes halogenated alkanes) is 2. The van der Waals surface area contributed by atoms with Gasteiger partial charge in [-0.05, 0) is 64.2 Å². The summed E-state index contributed by atoms with van der Waals surface area (Å²) in [6.45, 7) is 9.44. The SMILES string of the molecule is CCC(C)S(=O)(=O)NOC(=O)CCN(C(=O)CN)C(=O)CCCCCC1CCN(C(=O)OC(C)(C)C)CC1. The van der Waals surface area contributed by atoms with Crippen LogP contribution in [0.3, 0.4) is 0 Å². The number of carbonyl (C=O) groups is 4. The molecule has 0 aliphatic carbocycles. The number of piperidine rings is 1. The van der Waals surface area contributed by atoms with Crippen LogP contribution in [0.5, 0.6) is 0 Å². The third-order valence-electron chi connectivity index (χ3n) is 6.46. The van der Waals surface area contributed by atoms with Gasteiger partial charge >= 0.3 is 12.1 Å². The van der Waals surface area contributed by atoms with Crippen molar-refractivity contribution in [2.75, 3.05) is 26.2 Å². The van der Waals surface area contributed by atoms with E-state index in [9.17, 15) is 27.6 Å². The average molecular weight is 563 g/mol. The molecule has 12 nitrogen and oxygen atoms in total. The maximum atomic E-state index is 12.6. The Morgan fingerprint density at radius 2 is 1.68 bits per heavy atom. The van der Waals surface area contributed by atoms with Gasteiger partial charge in [0, 0.05) is 26.1 Å². The Bertz CT molecular complexity index is 896. The molecule has 1 unspecified atom stereocenters. The fourth-order valence-electron chi connectivity index (χ4n) is 3.91. The fourth-order valence-corrected chi connectivity index (χ4v) is 4.72. The van der Waals surface area contributed by atoms with Gasteiger partial charge in [-0.15, -0.1) is 0 Å². The van der Waals surface area contributed by atoms with Gasteiger partial charge in [0.15, 0.2) is 0 Å². The highest BCUT2D eigenvalue weighted by atomic mass is 32.2. The number of hydrogen-bond acceptors (Lipinski definition) is 9. The molecule has 1 fully saturated rings. The smallest absolute Gasteiger partial charge is 0.410 e. The van der Waals surface area contributed by atoms with Crippen molar-refractivity contribution < 1.29 is 37.2 Å². The summed E-state index contributed by atoms with van der Waals surface area (Å²) in [5.74, 6) is -1.43. The van der Waals surface area contributed by atoms with E-state index in [2.05, 4.69) is 4.84 Å². The number of imide groups is 1. The number of nitrogens with one attached hydrogen (secondary N) is 1. The summed E-state index contributed by atoms with van der Waals surface area (Å²) in [5.41, 5.74) is 4.91. The second kappa shape index (κ2) is 16.0. The quantitative estimate of drug-likeness (QED) is 0.239. The summed E-state index contributed by atoms with van der Waals surface area (Å²) >= 11 is 0. The first-order valence-electron chi connectivity index (χ1n) is 13.4. The van der Waals surface area contributed by atoms with E-state index in [1.54, 1.807) is 16.7 Å². The van der Waals surface area contributed by atoms with Crippen LogP contribution in [0.25, 0.3) is 0 Å². The Morgan fingerprint density at radius 1 is 1.05 bits per heavy atom. The standard InChI is InChI=1S/C25H46N4O8S/c1-6-19(2)38(34,35)27-37-23(32)14-17-29(22(31)18-26)21(30)11-9-7-8-10-20-12-15-28(16-13-20)24(33)36-25(3,4)5/h19-20,27H,6-18,26H2,1-5H3. The van der Waals surface area contributed by atoms with Crippen molar-refractivity contribution in [1.82, 2.24) is 14.7 Å². The van der Waals surface area contributed by atoms with E-state index in [-0.39, 0.29) is 32.0 Å². The van der Waals surface area contributed by atoms with E-state index >= 15 is 0 Å². The van der Waals surface area contributed by atoms with Crippen LogP contribution in [-0.4, -0.2) is 79.1 Å². The van der Waals surface area contributed by atoms with Gasteiger partial charge in [-0.25, -0.2) is 13.2 Å². The van der Waals surface area contributed by atoms with E-state index < -0.39 is 38.7 Å². The summed E-state index contributed by atoms with van der Waals surface area (Å²) in [6.07, 6.45) is 5.01. The number of amides is 3. The number of sulfonamides is 1. The summed E-state index contributed by atoms with van der Waals surface area (Å²) in [6, 6.07) is 0. The maximum Gasteiger partial charge on any atom is 0.410 e. The number of carbonyl (C=O) groups excluding carboxylic acids is 4. The van der Waals surface area contributed by atoms with Gasteiger partial charge in [-0.3, -0.25) is 19.3 Å². The third kappa shape index (κ3) is 12.5. The summed E-state index contributed by atoms with van der Waals surface area (Å²) in [7, 11) is -3.80. The largest absolute Gasteiger partial charge is 0.444 e. The minimum absolute atomic E-state index is 0.137. The van der Waals surface area contributed by atoms with Crippen molar-refractivity contribution >= 4 is 33.9 Å². The van der Waals surface area contributed by atoms with Crippen molar-refractivity contribution in [1.29, 1.82) is 0 Å². The summed E-state index contributed by atoms with van der Waals surface area (Å²) in [5, 5.41) is -0.739. The first-order chi connectivity index (χ1) is 17.7. The molecule has 1 rings (SSSR count). The predicted molar refractivity (Wildman–Crippen MR) is 142 cm³/mol. The number of ether oxygens (including phenoxy) is 1. The van der Waals surface area contributed by atoms with E-state index in [4.69, 9.17) is 10.5 Å². The number of rotatable bonds is 14. The number of nitrogens with zero attached hydrogens (tertiary/aromatic N) is 2. The molecule has 1 heterocycles. The van der Waals surface area contributed by atoms with Crippen LogP contribution < -0.4 is 10.6 Å². The molecule has 0 aromatic carbocycles. The lowest BCUT2D eigenvalue weighted by molar-refractivity contribution is -0.149. The molecule has 0 aromatic heterocycles. The highest BCUT2D eigenvalue weighted by molar-refractivity contribution is 7.89. The molecule has 38 heavy (non-hydrogen) atoms. The molecule has 1 saturated heterocycles. The Balaban J connectivity index is 2.35. The van der Waals surface area contributed by atoms with E-state index in [0.717, 1.165) is 37.0 Å². The predicted octanol–water partition coefficient (Wildman–Crippen LogP) is 2.46. The van der Waals surface area contributed by atoms with Gasteiger partial charge in [0.2, 0.25) is 21.8 Å². The maximum absolute atomic E-state index is 12.6. The third-order valence-corrected chi connectivity index (χ3v) is 8.17. The van der Waals surface area contributed by atoms with Crippen LogP contribution in [0.15, 0.2) is 0 Å². The van der Waals surface area contributed by atoms with E-state index in [1.165, 1.54) is 6.92 Å². The van der Waals surface area contributed by atoms with Crippen LogP contribution >= 0.6 is 0 Å². The minimum Gasteiger partial charge on any atom is -0.444 e. The van der Waals surface area contributed by atoms with Crippen molar-refractivity contribution in [3.05, 3.63) is 0 Å². The lowest BCUT2D eigenvalue weighted by Crippen LogP contribution is -2.42. The zero-order valence-electron chi connectivity index (χ0n) is 23.5. The Labute approximate surface area is 226 Å². The lowest BCUT2D eigenvalue weighted by Gasteiger charge is -2.33. The summed E-state index contributed by atoms with van der Waals surface area (Å²) in [4.78, 5) is 57.9. The molecule has 220 valence electrons. The second-order valence-corrected chi connectivity index (χ2v) is 12.8. The molecular weight excluding hydrogens is 516 g/mol. The van der Waals surface area contributed by atoms with Gasteiger partial charge in [-0.1, -0.05) is 26.2 Å². The number of nitrogens with two attached hydrogens (primary N) is 1. The first kappa shape index (κ1) is 33.8. The van der Waals surface area contributed by atoms with Crippen molar-refractivity contribution in [2.24, 2.45) is 11.7 Å². The average Bonchev–Trinajstić information content (AvgIpc) is 2.85. The Hall–Kier alpha value is -2.25. The van der Waals surface area contributed by atoms with Crippen LogP contribution in [0.1, 0.15) is 92.4 Å². The molecule has 0 saturated carbocycles. The lowest BCUT2D eigenvalue weighted by atomic mass is 9.91. The molecule has 0 radical (unpaired) electrons. The molecule has 0 bridgehead atoms. The first-order valence-corrected chi connectivity index (χ1v) is 15.0. The molecule has 1 aliphatic rings. The van der Waals surface area contributed by atoms with Crippen LogP contribution in [0.2, 0.25) is 0 Å². The van der Waals surface area contributed by atoms with Crippen LogP contribution in [0.4, 0.5) is 4.79 Å². The van der Waals surface area contributed by atoms with Gasteiger partial charge in [-0.2, -0.15) is 0 Å². The van der Waals surface area contributed by atoms with Crippen LogP contribution in [0, 0.1) is 5.92 Å². The van der Waals surface area contributed by atoms with Gasteiger partial charge in [0.05, 0.1) is 18.2 Å². The highest BCUT2D eigenvalue weighted by Gasteiger charge is 2.27. The molecular formula is C25H46N4O8S. The van der Waals surface area contributed by atoms with E-state index in [0.29, 0.717) is 31.8 Å². The zero-order valence-corrected chi connectivity index (χ0v) is 24.3. The molecule has 3 N–H and O–H groups in total. The zero-order chi connectivity index (χ0) is 28.9. The van der Waals surface area contributed by atoms with Gasteiger partial charge in [0.1, 0.15) is 5.60 Å².